The lowest BCUT2D eigenvalue weighted by Gasteiger charge is -2.08. The van der Waals surface area contributed by atoms with Crippen molar-refractivity contribution in [3.63, 3.8) is 0 Å². The molecule has 2 aromatic rings. The van der Waals surface area contributed by atoms with Crippen LogP contribution in [0.3, 0.4) is 0 Å². The van der Waals surface area contributed by atoms with E-state index in [0.29, 0.717) is 5.13 Å². The van der Waals surface area contributed by atoms with Crippen LogP contribution in [-0.4, -0.2) is 19.9 Å². The molecule has 7 heteroatoms. The van der Waals surface area contributed by atoms with Crippen molar-refractivity contribution >= 4 is 26.5 Å². The zero-order valence-electron chi connectivity index (χ0n) is 12.3. The molecule has 21 heavy (non-hydrogen) atoms. The number of benzene rings is 1. The summed E-state index contributed by atoms with van der Waals surface area (Å²) in [7, 11) is -3.58. The summed E-state index contributed by atoms with van der Waals surface area (Å²) in [6.45, 7) is 6.77. The van der Waals surface area contributed by atoms with E-state index in [9.17, 15) is 8.42 Å². The van der Waals surface area contributed by atoms with Gasteiger partial charge in [-0.2, -0.15) is 0 Å². The monoisotopic (exact) mass is 325 g/mol. The average molecular weight is 325 g/mol. The zero-order chi connectivity index (χ0) is 15.5. The third-order valence-corrected chi connectivity index (χ3v) is 5.29. The first-order chi connectivity index (χ1) is 9.92. The van der Waals surface area contributed by atoms with Crippen molar-refractivity contribution in [1.82, 2.24) is 10.3 Å². The number of hydrogen-bond donors (Lipinski definition) is 2. The third kappa shape index (κ3) is 4.03. The molecule has 2 rings (SSSR count). The first-order valence-electron chi connectivity index (χ1n) is 6.70. The highest BCUT2D eigenvalue weighted by atomic mass is 32.2. The van der Waals surface area contributed by atoms with E-state index in [1.54, 1.807) is 24.3 Å². The maximum absolute atomic E-state index is 12.3. The number of thiazole rings is 1. The molecule has 0 fully saturated rings. The van der Waals surface area contributed by atoms with E-state index < -0.39 is 10.0 Å². The van der Waals surface area contributed by atoms with Crippen molar-refractivity contribution in [2.45, 2.75) is 31.7 Å². The molecule has 1 heterocycles. The van der Waals surface area contributed by atoms with Gasteiger partial charge in [-0.1, -0.05) is 24.6 Å². The van der Waals surface area contributed by atoms with E-state index in [0.717, 1.165) is 17.8 Å². The van der Waals surface area contributed by atoms with Crippen LogP contribution in [-0.2, 0) is 10.0 Å². The van der Waals surface area contributed by atoms with E-state index in [1.807, 2.05) is 26.2 Å². The van der Waals surface area contributed by atoms with Crippen molar-refractivity contribution in [1.29, 1.82) is 0 Å². The van der Waals surface area contributed by atoms with Crippen LogP contribution in [0.15, 0.2) is 34.5 Å². The minimum atomic E-state index is -3.58. The number of anilines is 1. The Balaban J connectivity index is 2.15. The second-order valence-electron chi connectivity index (χ2n) is 4.78. The molecule has 1 aromatic heterocycles. The Morgan fingerprint density at radius 3 is 2.57 bits per heavy atom. The maximum atomic E-state index is 12.3. The highest BCUT2D eigenvalue weighted by molar-refractivity contribution is 7.93. The van der Waals surface area contributed by atoms with Gasteiger partial charge >= 0.3 is 0 Å². The van der Waals surface area contributed by atoms with Gasteiger partial charge in [0.1, 0.15) is 0 Å². The molecule has 1 atom stereocenters. The molecule has 0 aliphatic rings. The van der Waals surface area contributed by atoms with E-state index in [-0.39, 0.29) is 10.9 Å². The second-order valence-corrected chi connectivity index (χ2v) is 7.32. The quantitative estimate of drug-likeness (QED) is 0.856. The standard InChI is InChI=1S/C14H19N3O2S2/c1-4-15-11(3)13-9-20-14(16-13)17-21(18,19)12-7-5-10(2)6-8-12/h5-9,11,15H,4H2,1-3H3,(H,16,17). The number of sulfonamides is 1. The van der Waals surface area contributed by atoms with Gasteiger partial charge in [0.25, 0.3) is 10.0 Å². The first-order valence-corrected chi connectivity index (χ1v) is 9.07. The summed E-state index contributed by atoms with van der Waals surface area (Å²) in [4.78, 5) is 4.56. The fourth-order valence-corrected chi connectivity index (χ4v) is 3.89. The number of nitrogens with one attached hydrogen (secondary N) is 2. The largest absolute Gasteiger partial charge is 0.309 e. The fraction of sp³-hybridized carbons (Fsp3) is 0.357. The van der Waals surface area contributed by atoms with Crippen molar-refractivity contribution in [3.05, 3.63) is 40.9 Å². The fourth-order valence-electron chi connectivity index (χ4n) is 1.83. The van der Waals surface area contributed by atoms with Gasteiger partial charge in [-0.25, -0.2) is 13.4 Å². The molecule has 1 aromatic carbocycles. The van der Waals surface area contributed by atoms with Crippen molar-refractivity contribution in [2.24, 2.45) is 0 Å². The molecule has 0 radical (unpaired) electrons. The molecule has 0 aliphatic carbocycles. The summed E-state index contributed by atoms with van der Waals surface area (Å²) in [5.74, 6) is 0. The number of nitrogens with zero attached hydrogens (tertiary/aromatic N) is 1. The Morgan fingerprint density at radius 1 is 1.29 bits per heavy atom. The van der Waals surface area contributed by atoms with Gasteiger partial charge < -0.3 is 5.32 Å². The number of rotatable bonds is 6. The molecule has 0 saturated carbocycles. The molecule has 5 nitrogen and oxygen atoms in total. The molecule has 2 N–H and O–H groups in total. The van der Waals surface area contributed by atoms with Gasteiger partial charge in [-0.3, -0.25) is 4.72 Å². The smallest absolute Gasteiger partial charge is 0.263 e. The Morgan fingerprint density at radius 2 is 1.95 bits per heavy atom. The first kappa shape index (κ1) is 15.9. The van der Waals surface area contributed by atoms with Gasteiger partial charge in [0.15, 0.2) is 5.13 Å². The van der Waals surface area contributed by atoms with Gasteiger partial charge in [0, 0.05) is 11.4 Å². The summed E-state index contributed by atoms with van der Waals surface area (Å²) < 4.78 is 27.0. The molecule has 0 spiro atoms. The van der Waals surface area contributed by atoms with Crippen molar-refractivity contribution < 1.29 is 8.42 Å². The minimum Gasteiger partial charge on any atom is -0.309 e. The summed E-state index contributed by atoms with van der Waals surface area (Å²) in [5.41, 5.74) is 1.86. The van der Waals surface area contributed by atoms with E-state index in [2.05, 4.69) is 15.0 Å². The van der Waals surface area contributed by atoms with Crippen LogP contribution in [0.5, 0.6) is 0 Å². The second kappa shape index (κ2) is 6.55. The number of aryl methyl sites for hydroxylation is 1. The lowest BCUT2D eigenvalue weighted by atomic mass is 10.2. The Labute approximate surface area is 129 Å². The molecule has 0 bridgehead atoms. The molecular formula is C14H19N3O2S2. The maximum Gasteiger partial charge on any atom is 0.263 e. The van der Waals surface area contributed by atoms with Crippen LogP contribution in [0, 0.1) is 6.92 Å². The summed E-state index contributed by atoms with van der Waals surface area (Å²) in [5, 5.41) is 5.49. The van der Waals surface area contributed by atoms with E-state index in [1.165, 1.54) is 11.3 Å². The Hall–Kier alpha value is -1.44. The van der Waals surface area contributed by atoms with Crippen LogP contribution in [0.4, 0.5) is 5.13 Å². The van der Waals surface area contributed by atoms with Crippen molar-refractivity contribution in [2.75, 3.05) is 11.3 Å². The summed E-state index contributed by atoms with van der Waals surface area (Å²) in [6, 6.07) is 6.83. The van der Waals surface area contributed by atoms with Crippen LogP contribution < -0.4 is 10.0 Å². The van der Waals surface area contributed by atoms with Gasteiger partial charge in [-0.15, -0.1) is 11.3 Å². The van der Waals surface area contributed by atoms with Crippen LogP contribution in [0.1, 0.15) is 31.1 Å². The van der Waals surface area contributed by atoms with Crippen LogP contribution in [0.2, 0.25) is 0 Å². The predicted octanol–water partition coefficient (Wildman–Crippen LogP) is 2.92. The topological polar surface area (TPSA) is 71.1 Å². The van der Waals surface area contributed by atoms with Gasteiger partial charge in [-0.05, 0) is 32.5 Å². The highest BCUT2D eigenvalue weighted by Crippen LogP contribution is 2.23. The Bertz CT molecular complexity index is 693. The minimum absolute atomic E-state index is 0.101. The van der Waals surface area contributed by atoms with Crippen molar-refractivity contribution in [3.8, 4) is 0 Å². The normalized spacial score (nSPS) is 13.1. The van der Waals surface area contributed by atoms with Crippen LogP contribution >= 0.6 is 11.3 Å². The van der Waals surface area contributed by atoms with Gasteiger partial charge in [0.2, 0.25) is 0 Å². The lowest BCUT2D eigenvalue weighted by molar-refractivity contribution is 0.586. The molecule has 0 aliphatic heterocycles. The Kier molecular flexibility index (Phi) is 4.97. The number of aromatic nitrogens is 1. The predicted molar refractivity (Wildman–Crippen MR) is 86.2 cm³/mol. The average Bonchev–Trinajstić information content (AvgIpc) is 2.87. The van der Waals surface area contributed by atoms with E-state index >= 15 is 0 Å². The zero-order valence-corrected chi connectivity index (χ0v) is 13.9. The van der Waals surface area contributed by atoms with Gasteiger partial charge in [0.05, 0.1) is 10.6 Å². The van der Waals surface area contributed by atoms with Crippen LogP contribution in [0.25, 0.3) is 0 Å². The molecular weight excluding hydrogens is 306 g/mol. The third-order valence-electron chi connectivity index (χ3n) is 3.03. The summed E-state index contributed by atoms with van der Waals surface area (Å²) in [6.07, 6.45) is 0. The summed E-state index contributed by atoms with van der Waals surface area (Å²) >= 11 is 1.29. The molecule has 0 amide bonds. The molecule has 114 valence electrons. The number of hydrogen-bond acceptors (Lipinski definition) is 5. The van der Waals surface area contributed by atoms with E-state index in [4.69, 9.17) is 0 Å². The molecule has 1 unspecified atom stereocenters. The highest BCUT2D eigenvalue weighted by Gasteiger charge is 2.17. The molecule has 0 saturated heterocycles. The lowest BCUT2D eigenvalue weighted by Crippen LogP contribution is -2.18. The SMILES string of the molecule is CCNC(C)c1csc(NS(=O)(=O)c2ccc(C)cc2)n1.